The lowest BCUT2D eigenvalue weighted by atomic mass is 10.3. The molecule has 4 nitrogen and oxygen atoms in total. The zero-order valence-corrected chi connectivity index (χ0v) is 14.3. The number of hydrogen-bond donors (Lipinski definition) is 1. The molecule has 0 saturated carbocycles. The van der Waals surface area contributed by atoms with Gasteiger partial charge in [0.15, 0.2) is 5.76 Å². The number of anilines is 1. The Morgan fingerprint density at radius 2 is 1.84 bits per heavy atom. The Morgan fingerprint density at radius 1 is 1.08 bits per heavy atom. The van der Waals surface area contributed by atoms with Gasteiger partial charge in [0, 0.05) is 10.5 Å². The molecule has 0 unspecified atom stereocenters. The molecule has 0 bridgehead atoms. The fraction of sp³-hybridized carbons (Fsp3) is 0.0556. The summed E-state index contributed by atoms with van der Waals surface area (Å²) in [4.78, 5) is 12.1. The molecule has 25 heavy (non-hydrogen) atoms. The number of rotatable bonds is 5. The molecule has 0 saturated heterocycles. The SMILES string of the molecule is O=C(Nc1ccc(F)cc1F)c1ccc(COc2ccc(Br)cc2)o1. The molecule has 0 aliphatic carbocycles. The molecule has 0 radical (unpaired) electrons. The van der Waals surface area contributed by atoms with E-state index in [4.69, 9.17) is 9.15 Å². The van der Waals surface area contributed by atoms with Gasteiger partial charge in [0.05, 0.1) is 5.69 Å². The fourth-order valence-electron chi connectivity index (χ4n) is 2.04. The highest BCUT2D eigenvalue weighted by Gasteiger charge is 2.14. The van der Waals surface area contributed by atoms with Gasteiger partial charge in [0.1, 0.15) is 29.8 Å². The molecule has 0 spiro atoms. The fourth-order valence-corrected chi connectivity index (χ4v) is 2.30. The van der Waals surface area contributed by atoms with E-state index in [0.717, 1.165) is 16.6 Å². The maximum atomic E-state index is 13.6. The summed E-state index contributed by atoms with van der Waals surface area (Å²) in [5.41, 5.74) is -0.129. The van der Waals surface area contributed by atoms with Crippen molar-refractivity contribution in [1.29, 1.82) is 0 Å². The van der Waals surface area contributed by atoms with Gasteiger partial charge in [-0.3, -0.25) is 4.79 Å². The summed E-state index contributed by atoms with van der Waals surface area (Å²) in [6, 6.07) is 13.2. The highest BCUT2D eigenvalue weighted by molar-refractivity contribution is 9.10. The Balaban J connectivity index is 1.62. The molecule has 1 aromatic heterocycles. The summed E-state index contributed by atoms with van der Waals surface area (Å²) in [7, 11) is 0. The average molecular weight is 408 g/mol. The smallest absolute Gasteiger partial charge is 0.291 e. The van der Waals surface area contributed by atoms with Crippen molar-refractivity contribution in [3.05, 3.63) is 82.2 Å². The first-order valence-electron chi connectivity index (χ1n) is 7.25. The number of furan rings is 1. The van der Waals surface area contributed by atoms with Crippen LogP contribution in [0, 0.1) is 11.6 Å². The summed E-state index contributed by atoms with van der Waals surface area (Å²) < 4.78 is 38.3. The largest absolute Gasteiger partial charge is 0.486 e. The number of carbonyl (C=O) groups excluding carboxylic acids is 1. The van der Waals surface area contributed by atoms with E-state index in [0.29, 0.717) is 17.6 Å². The van der Waals surface area contributed by atoms with Crippen LogP contribution in [0.15, 0.2) is 63.5 Å². The highest BCUT2D eigenvalue weighted by atomic mass is 79.9. The van der Waals surface area contributed by atoms with E-state index >= 15 is 0 Å². The van der Waals surface area contributed by atoms with Crippen molar-refractivity contribution in [1.82, 2.24) is 0 Å². The second-order valence-electron chi connectivity index (χ2n) is 5.09. The van der Waals surface area contributed by atoms with Crippen molar-refractivity contribution in [3.8, 4) is 5.75 Å². The zero-order chi connectivity index (χ0) is 17.8. The molecule has 0 fully saturated rings. The van der Waals surface area contributed by atoms with E-state index in [2.05, 4.69) is 21.2 Å². The first-order valence-corrected chi connectivity index (χ1v) is 8.04. The Morgan fingerprint density at radius 3 is 2.56 bits per heavy atom. The third-order valence-corrected chi connectivity index (χ3v) is 3.79. The minimum absolute atomic E-state index is 0.00173. The molecule has 2 aromatic carbocycles. The Kier molecular flexibility index (Phi) is 5.14. The number of nitrogens with one attached hydrogen (secondary N) is 1. The predicted octanol–water partition coefficient (Wildman–Crippen LogP) is 5.15. The van der Waals surface area contributed by atoms with Crippen LogP contribution < -0.4 is 10.1 Å². The first kappa shape index (κ1) is 17.2. The van der Waals surface area contributed by atoms with E-state index in [1.54, 1.807) is 18.2 Å². The van der Waals surface area contributed by atoms with E-state index in [9.17, 15) is 13.6 Å². The lowest BCUT2D eigenvalue weighted by molar-refractivity contribution is 0.0992. The van der Waals surface area contributed by atoms with Crippen molar-refractivity contribution in [2.75, 3.05) is 5.32 Å². The maximum Gasteiger partial charge on any atom is 0.291 e. The molecule has 7 heteroatoms. The molecule has 3 aromatic rings. The van der Waals surface area contributed by atoms with Crippen LogP contribution in [-0.2, 0) is 6.61 Å². The minimum atomic E-state index is -0.862. The Hall–Kier alpha value is -2.67. The topological polar surface area (TPSA) is 51.5 Å². The van der Waals surface area contributed by atoms with Crippen LogP contribution in [0.5, 0.6) is 5.75 Å². The maximum absolute atomic E-state index is 13.6. The Labute approximate surface area is 150 Å². The molecule has 0 atom stereocenters. The van der Waals surface area contributed by atoms with Gasteiger partial charge >= 0.3 is 0 Å². The van der Waals surface area contributed by atoms with Crippen LogP contribution >= 0.6 is 15.9 Å². The predicted molar refractivity (Wildman–Crippen MR) is 91.5 cm³/mol. The quantitative estimate of drug-likeness (QED) is 0.635. The van der Waals surface area contributed by atoms with Crippen molar-refractivity contribution >= 4 is 27.5 Å². The van der Waals surface area contributed by atoms with Crippen LogP contribution in [-0.4, -0.2) is 5.91 Å². The summed E-state index contributed by atoms with van der Waals surface area (Å²) in [5.74, 6) is -1.13. The van der Waals surface area contributed by atoms with Gasteiger partial charge in [-0.1, -0.05) is 15.9 Å². The van der Waals surface area contributed by atoms with Crippen molar-refractivity contribution in [3.63, 3.8) is 0 Å². The lowest BCUT2D eigenvalue weighted by Gasteiger charge is -2.05. The highest BCUT2D eigenvalue weighted by Crippen LogP contribution is 2.19. The van der Waals surface area contributed by atoms with Crippen LogP contribution in [0.4, 0.5) is 14.5 Å². The second-order valence-corrected chi connectivity index (χ2v) is 6.00. The molecular weight excluding hydrogens is 396 g/mol. The number of hydrogen-bond acceptors (Lipinski definition) is 3. The average Bonchev–Trinajstić information content (AvgIpc) is 3.06. The standard InChI is InChI=1S/C18H12BrF2NO3/c19-11-1-4-13(5-2-11)24-10-14-6-8-17(25-14)18(23)22-16-7-3-12(20)9-15(16)21/h1-9H,10H2,(H,22,23). The number of halogens is 3. The van der Waals surface area contributed by atoms with Gasteiger partial charge in [-0.2, -0.15) is 0 Å². The zero-order valence-electron chi connectivity index (χ0n) is 12.8. The number of ether oxygens (including phenoxy) is 1. The lowest BCUT2D eigenvalue weighted by Crippen LogP contribution is -2.12. The van der Waals surface area contributed by atoms with Gasteiger partial charge in [-0.15, -0.1) is 0 Å². The van der Waals surface area contributed by atoms with Gasteiger partial charge in [0.25, 0.3) is 5.91 Å². The molecule has 3 rings (SSSR count). The van der Waals surface area contributed by atoms with Crippen LogP contribution in [0.1, 0.15) is 16.3 Å². The summed E-state index contributed by atoms with van der Waals surface area (Å²) >= 11 is 3.33. The third kappa shape index (κ3) is 4.45. The molecule has 1 heterocycles. The summed E-state index contributed by atoms with van der Waals surface area (Å²) in [6.45, 7) is 0.139. The number of carbonyl (C=O) groups is 1. The van der Waals surface area contributed by atoms with Crippen LogP contribution in [0.25, 0.3) is 0 Å². The van der Waals surface area contributed by atoms with Crippen molar-refractivity contribution < 1.29 is 22.7 Å². The summed E-state index contributed by atoms with van der Waals surface area (Å²) in [6.07, 6.45) is 0. The molecule has 128 valence electrons. The van der Waals surface area contributed by atoms with Crippen molar-refractivity contribution in [2.45, 2.75) is 6.61 Å². The van der Waals surface area contributed by atoms with E-state index in [-0.39, 0.29) is 18.1 Å². The molecule has 0 aliphatic rings. The Bertz CT molecular complexity index is 894. The van der Waals surface area contributed by atoms with E-state index in [1.165, 1.54) is 6.07 Å². The van der Waals surface area contributed by atoms with E-state index < -0.39 is 17.5 Å². The number of amides is 1. The first-order chi connectivity index (χ1) is 12.0. The van der Waals surface area contributed by atoms with Crippen molar-refractivity contribution in [2.24, 2.45) is 0 Å². The van der Waals surface area contributed by atoms with Gasteiger partial charge in [-0.25, -0.2) is 8.78 Å². The molecular formula is C18H12BrF2NO3. The minimum Gasteiger partial charge on any atom is -0.486 e. The second kappa shape index (κ2) is 7.48. The normalized spacial score (nSPS) is 10.5. The monoisotopic (exact) mass is 407 g/mol. The van der Waals surface area contributed by atoms with Crippen LogP contribution in [0.3, 0.4) is 0 Å². The van der Waals surface area contributed by atoms with Gasteiger partial charge in [-0.05, 0) is 48.5 Å². The summed E-state index contributed by atoms with van der Waals surface area (Å²) in [5, 5.41) is 2.33. The molecule has 1 amide bonds. The van der Waals surface area contributed by atoms with Gasteiger partial charge in [0.2, 0.25) is 0 Å². The number of benzene rings is 2. The van der Waals surface area contributed by atoms with E-state index in [1.807, 2.05) is 12.1 Å². The van der Waals surface area contributed by atoms with Crippen LogP contribution in [0.2, 0.25) is 0 Å². The van der Waals surface area contributed by atoms with Gasteiger partial charge < -0.3 is 14.5 Å². The third-order valence-electron chi connectivity index (χ3n) is 3.26. The molecule has 1 N–H and O–H groups in total. The molecule has 0 aliphatic heterocycles.